The quantitative estimate of drug-likeness (QED) is 0.389. The van der Waals surface area contributed by atoms with E-state index < -0.39 is 40.8 Å². The molecule has 0 saturated carbocycles. The van der Waals surface area contributed by atoms with Gasteiger partial charge in [0.05, 0.1) is 0 Å². The summed E-state index contributed by atoms with van der Waals surface area (Å²) in [5, 5.41) is 0. The van der Waals surface area contributed by atoms with E-state index in [1.165, 1.54) is 29.4 Å². The summed E-state index contributed by atoms with van der Waals surface area (Å²) in [5.74, 6) is 1.97. The zero-order valence-electron chi connectivity index (χ0n) is 18.7. The van der Waals surface area contributed by atoms with Crippen LogP contribution in [0, 0.1) is 3.57 Å². The molecular weight excluding hydrogens is 554 g/mol. The Hall–Kier alpha value is -0.363. The Balaban J connectivity index is 2.57. The molecule has 28 heavy (non-hydrogen) atoms. The van der Waals surface area contributed by atoms with E-state index in [1.807, 2.05) is 0 Å². The molecule has 0 aromatic heterocycles. The molecule has 0 aliphatic heterocycles. The third kappa shape index (κ3) is 5.62. The monoisotopic (exact) mass is 591 g/mol. The molecule has 2 aromatic rings. The van der Waals surface area contributed by atoms with E-state index in [1.54, 1.807) is 0 Å². The van der Waals surface area contributed by atoms with Crippen LogP contribution in [0.2, 0.25) is 0 Å². The van der Waals surface area contributed by atoms with E-state index >= 15 is 0 Å². The first-order chi connectivity index (χ1) is 13.1. The molecule has 2 aromatic carbocycles. The van der Waals surface area contributed by atoms with Crippen molar-refractivity contribution in [1.82, 2.24) is 0 Å². The summed E-state index contributed by atoms with van der Waals surface area (Å²) in [6.07, 6.45) is 0. The van der Waals surface area contributed by atoms with Gasteiger partial charge in [-0.3, -0.25) is 0 Å². The van der Waals surface area contributed by atoms with Crippen molar-refractivity contribution < 1.29 is 0 Å². The van der Waals surface area contributed by atoms with Gasteiger partial charge in [-0.2, -0.15) is 0 Å². The van der Waals surface area contributed by atoms with E-state index in [2.05, 4.69) is 91.8 Å². The molecule has 0 amide bonds. The predicted octanol–water partition coefficient (Wildman–Crippen LogP) is 5.94. The number of rotatable bonds is 7. The van der Waals surface area contributed by atoms with Crippen LogP contribution in [-0.4, -0.2) is 40.8 Å². The molecule has 0 bridgehead atoms. The summed E-state index contributed by atoms with van der Waals surface area (Å²) >= 11 is -3.88. The van der Waals surface area contributed by atoms with E-state index in [0.717, 1.165) is 0 Å². The molecule has 0 aliphatic carbocycles. The van der Waals surface area contributed by atoms with Gasteiger partial charge in [-0.05, 0) is 0 Å². The maximum atomic E-state index is 9.16. The first-order valence-electron chi connectivity index (χ1n) is 10.5. The van der Waals surface area contributed by atoms with Crippen LogP contribution in [0.4, 0.5) is 0 Å². The molecule has 1 N–H and O–H groups in total. The van der Waals surface area contributed by atoms with Crippen molar-refractivity contribution in [1.29, 1.82) is 3.57 Å². The SMILES string of the molecule is CC(C)c1cccc(C(C)C)[c]1[Sn]=[N][Sn](=[NH])[c]1c(C(C)C)cccc1C(C)C. The van der Waals surface area contributed by atoms with Gasteiger partial charge in [0.25, 0.3) is 0 Å². The Bertz CT molecular complexity index is 812. The number of hydrogen-bond acceptors (Lipinski definition) is 1. The summed E-state index contributed by atoms with van der Waals surface area (Å²) < 4.78 is 17.3. The molecule has 2 nitrogen and oxygen atoms in total. The third-order valence-electron chi connectivity index (χ3n) is 5.26. The standard InChI is InChI=1S/2C12H17.HN.N.2Sn/c2*1-9(2)11-6-5-7-12(8-11)10(3)4;;;;/h2*5-7,9-10H,1-4H3;1H;;;. The fourth-order valence-corrected chi connectivity index (χ4v) is 17.6. The molecule has 0 unspecified atom stereocenters. The average Bonchev–Trinajstić information content (AvgIpc) is 2.64. The van der Waals surface area contributed by atoms with Crippen molar-refractivity contribution in [3.8, 4) is 0 Å². The molecule has 0 fully saturated rings. The average molecular weight is 589 g/mol. The fourth-order valence-electron chi connectivity index (χ4n) is 3.67. The van der Waals surface area contributed by atoms with Crippen molar-refractivity contribution in [3.05, 3.63) is 58.7 Å². The fraction of sp³-hybridized carbons (Fsp3) is 0.500. The van der Waals surface area contributed by atoms with Gasteiger partial charge in [0, 0.05) is 0 Å². The first-order valence-corrected chi connectivity index (χ1v) is 17.3. The molecule has 0 spiro atoms. The van der Waals surface area contributed by atoms with Gasteiger partial charge in [-0.15, -0.1) is 0 Å². The molecule has 149 valence electrons. The van der Waals surface area contributed by atoms with Gasteiger partial charge in [0.15, 0.2) is 0 Å². The Morgan fingerprint density at radius 1 is 0.679 bits per heavy atom. The van der Waals surface area contributed by atoms with E-state index in [0.29, 0.717) is 23.7 Å². The first kappa shape index (κ1) is 23.9. The molecule has 0 aliphatic rings. The van der Waals surface area contributed by atoms with E-state index in [-0.39, 0.29) is 0 Å². The van der Waals surface area contributed by atoms with Crippen molar-refractivity contribution >= 4 is 48.0 Å². The summed E-state index contributed by atoms with van der Waals surface area (Å²) in [5.41, 5.74) is 5.69. The molecule has 0 atom stereocenters. The maximum absolute atomic E-state index is 9.16. The molecule has 1 radical (unpaired) electrons. The van der Waals surface area contributed by atoms with Crippen LogP contribution in [0.3, 0.4) is 0 Å². The van der Waals surface area contributed by atoms with E-state index in [4.69, 9.17) is 4.95 Å². The number of nitrogens with zero attached hydrogens (tertiary/aromatic N) is 1. The predicted molar refractivity (Wildman–Crippen MR) is 125 cm³/mol. The van der Waals surface area contributed by atoms with Crippen LogP contribution in [-0.2, 0) is 0 Å². The van der Waals surface area contributed by atoms with Gasteiger partial charge in [-0.1, -0.05) is 0 Å². The van der Waals surface area contributed by atoms with Crippen LogP contribution < -0.4 is 7.16 Å². The Morgan fingerprint density at radius 2 is 1.04 bits per heavy atom. The van der Waals surface area contributed by atoms with Crippen molar-refractivity contribution in [2.45, 2.75) is 79.1 Å². The minimum absolute atomic E-state index is 0.462. The molecule has 4 heteroatoms. The Morgan fingerprint density at radius 3 is 1.39 bits per heavy atom. The summed E-state index contributed by atoms with van der Waals surface area (Å²) in [7, 11) is 0. The van der Waals surface area contributed by atoms with Gasteiger partial charge in [0.1, 0.15) is 0 Å². The molecule has 0 saturated heterocycles. The Labute approximate surface area is 189 Å². The number of hydrogen-bond donors (Lipinski definition) is 1. The van der Waals surface area contributed by atoms with Gasteiger partial charge >= 0.3 is 191 Å². The second-order valence-electron chi connectivity index (χ2n) is 8.81. The molecule has 2 rings (SSSR count). The normalized spacial score (nSPS) is 12.1. The second-order valence-corrected chi connectivity index (χ2v) is 19.2. The second kappa shape index (κ2) is 10.6. The van der Waals surface area contributed by atoms with Crippen LogP contribution in [0.25, 0.3) is 0 Å². The summed E-state index contributed by atoms with van der Waals surface area (Å²) in [6.45, 7) is 18.2. The van der Waals surface area contributed by atoms with Gasteiger partial charge in [-0.25, -0.2) is 0 Å². The minimum atomic E-state index is -2.74. The van der Waals surface area contributed by atoms with E-state index in [9.17, 15) is 0 Å². The number of benzene rings is 2. The Kier molecular flexibility index (Phi) is 9.05. The summed E-state index contributed by atoms with van der Waals surface area (Å²) in [6, 6.07) is 13.4. The third-order valence-corrected chi connectivity index (χ3v) is 17.9. The number of nitrogens with one attached hydrogen (secondary N) is 1. The zero-order chi connectivity index (χ0) is 21.0. The van der Waals surface area contributed by atoms with Crippen LogP contribution >= 0.6 is 0 Å². The van der Waals surface area contributed by atoms with Crippen molar-refractivity contribution in [3.63, 3.8) is 0 Å². The van der Waals surface area contributed by atoms with Crippen LogP contribution in [0.15, 0.2) is 37.8 Å². The molecule has 0 heterocycles. The van der Waals surface area contributed by atoms with Crippen LogP contribution in [0.5, 0.6) is 0 Å². The van der Waals surface area contributed by atoms with Crippen molar-refractivity contribution in [2.75, 3.05) is 0 Å². The van der Waals surface area contributed by atoms with Crippen molar-refractivity contribution in [2.24, 2.45) is 1.38 Å². The van der Waals surface area contributed by atoms with Gasteiger partial charge < -0.3 is 0 Å². The molecular formula is C24H35N2Sn2. The zero-order valence-corrected chi connectivity index (χ0v) is 24.4. The van der Waals surface area contributed by atoms with Crippen LogP contribution in [0.1, 0.15) is 101 Å². The summed E-state index contributed by atoms with van der Waals surface area (Å²) in [4.78, 5) is 0. The topological polar surface area (TPSA) is 36.2 Å². The van der Waals surface area contributed by atoms with Gasteiger partial charge in [0.2, 0.25) is 0 Å².